The minimum absolute atomic E-state index is 0. The van der Waals surface area contributed by atoms with Gasteiger partial charge in [0.25, 0.3) is 0 Å². The number of carbonyl (C=O) groups is 2. The summed E-state index contributed by atoms with van der Waals surface area (Å²) in [4.78, 5) is 27.0. The first-order chi connectivity index (χ1) is 21.2. The molecule has 0 aromatic heterocycles. The van der Waals surface area contributed by atoms with Crippen LogP contribution in [0.5, 0.6) is 0 Å². The van der Waals surface area contributed by atoms with Crippen molar-refractivity contribution in [2.45, 2.75) is 79.2 Å². The van der Waals surface area contributed by atoms with E-state index in [0.717, 1.165) is 12.3 Å². The molecule has 0 aliphatic carbocycles. The Morgan fingerprint density at radius 3 is 1.76 bits per heavy atom. The molecule has 0 bridgehead atoms. The van der Waals surface area contributed by atoms with Gasteiger partial charge < -0.3 is 32.4 Å². The Balaban J connectivity index is 0.00000576. The van der Waals surface area contributed by atoms with E-state index in [4.69, 9.17) is 4.74 Å². The predicted octanol–water partition coefficient (Wildman–Crippen LogP) is 5.09. The zero-order valence-corrected chi connectivity index (χ0v) is 31.0. The summed E-state index contributed by atoms with van der Waals surface area (Å²) in [5.74, 6) is -0.0492. The van der Waals surface area contributed by atoms with Gasteiger partial charge in [-0.05, 0) is 72.7 Å². The third-order valence-electron chi connectivity index (χ3n) is 8.25. The van der Waals surface area contributed by atoms with Gasteiger partial charge in [0, 0.05) is 0 Å². The Morgan fingerprint density at radius 2 is 1.24 bits per heavy atom. The van der Waals surface area contributed by atoms with Crippen LogP contribution in [-0.4, -0.2) is 35.8 Å². The van der Waals surface area contributed by atoms with E-state index in [2.05, 4.69) is 128 Å². The van der Waals surface area contributed by atoms with Crippen molar-refractivity contribution in [3.05, 3.63) is 109 Å². The van der Waals surface area contributed by atoms with Crippen LogP contribution < -0.4 is 38.2 Å². The summed E-state index contributed by atoms with van der Waals surface area (Å²) in [6, 6.07) is 35.9. The summed E-state index contributed by atoms with van der Waals surface area (Å²) in [5, 5.41) is 11.4. The van der Waals surface area contributed by atoms with Crippen molar-refractivity contribution in [3.63, 3.8) is 0 Å². The van der Waals surface area contributed by atoms with Gasteiger partial charge in [-0.3, -0.25) is 4.79 Å². The fourth-order valence-corrected chi connectivity index (χ4v) is 10.6. The van der Waals surface area contributed by atoms with Crippen LogP contribution in [0, 0.1) is 11.3 Å². The number of fused-ring (bicyclic) bond motifs is 1. The Bertz CT molecular complexity index is 1540. The van der Waals surface area contributed by atoms with Crippen LogP contribution in [0.3, 0.4) is 0 Å². The average molecular weight is 706 g/mol. The van der Waals surface area contributed by atoms with E-state index in [1.165, 1.54) is 26.9 Å². The molecule has 0 aliphatic rings. The maximum absolute atomic E-state index is 14.1. The van der Waals surface area contributed by atoms with Gasteiger partial charge in [0.1, 0.15) is 11.6 Å². The number of alkyl carbamates (subject to hydrolysis) is 1. The molecule has 0 saturated heterocycles. The smallest absolute Gasteiger partial charge is 0.408 e. The maximum Gasteiger partial charge on any atom is 0.408 e. The third kappa shape index (κ3) is 9.42. The zero-order chi connectivity index (χ0) is 32.8. The van der Waals surface area contributed by atoms with Crippen molar-refractivity contribution in [2.75, 3.05) is 6.16 Å². The molecule has 4 aromatic rings. The molecule has 0 spiro atoms. The molecular weight excluding hydrogens is 655 g/mol. The van der Waals surface area contributed by atoms with Crippen molar-refractivity contribution in [1.29, 1.82) is 0 Å². The molecule has 0 radical (unpaired) electrons. The number of ether oxygens (including phenoxy) is 1. The van der Waals surface area contributed by atoms with Crippen LogP contribution in [0.1, 0.15) is 61.0 Å². The van der Waals surface area contributed by atoms with Crippen molar-refractivity contribution in [1.82, 2.24) is 10.6 Å². The van der Waals surface area contributed by atoms with Gasteiger partial charge in [-0.2, -0.15) is 0 Å². The molecule has 0 aliphatic heterocycles. The van der Waals surface area contributed by atoms with Gasteiger partial charge in [-0.15, -0.1) is 0 Å². The first-order valence-corrected chi connectivity index (χ1v) is 18.1. The molecule has 2 amide bonds. The number of carbonyl (C=O) groups excluding carboxylic acids is 2. The van der Waals surface area contributed by atoms with E-state index >= 15 is 0 Å². The van der Waals surface area contributed by atoms with Crippen molar-refractivity contribution < 1.29 is 31.3 Å². The van der Waals surface area contributed by atoms with E-state index in [1.807, 2.05) is 41.5 Å². The molecule has 1 unspecified atom stereocenters. The highest BCUT2D eigenvalue weighted by atomic mass is 79.9. The van der Waals surface area contributed by atoms with Crippen LogP contribution in [0.2, 0.25) is 0 Å². The first kappa shape index (κ1) is 37.2. The average Bonchev–Trinajstić information content (AvgIpc) is 2.98. The van der Waals surface area contributed by atoms with E-state index < -0.39 is 30.4 Å². The highest BCUT2D eigenvalue weighted by Crippen LogP contribution is 2.60. The summed E-state index contributed by atoms with van der Waals surface area (Å²) in [5.41, 5.74) is 0.110. The molecule has 0 fully saturated rings. The molecule has 46 heavy (non-hydrogen) atoms. The van der Waals surface area contributed by atoms with Gasteiger partial charge in [-0.25, -0.2) is 4.79 Å². The number of halogens is 1. The zero-order valence-electron chi connectivity index (χ0n) is 28.5. The highest BCUT2D eigenvalue weighted by molar-refractivity contribution is 7.88. The minimum Gasteiger partial charge on any atom is -1.00 e. The molecule has 246 valence electrons. The molecular formula is C39H50BrN2O3P. The molecule has 2 atom stereocenters. The monoisotopic (exact) mass is 704 g/mol. The molecule has 4 aromatic carbocycles. The largest absolute Gasteiger partial charge is 1.00 e. The van der Waals surface area contributed by atoms with Gasteiger partial charge in [-0.1, -0.05) is 113 Å². The predicted molar refractivity (Wildman–Crippen MR) is 191 cm³/mol. The number of benzene rings is 4. The SMILES string of the molecule is CC(C)[C@@H](C[P+](Cc1cccc2ccccc12)(c1ccccc1)c1ccccc1)NC(=O)C(NC(=O)OC(C)(C)C)C(C)(C)C.[Br-]. The highest BCUT2D eigenvalue weighted by Gasteiger charge is 2.47. The third-order valence-corrected chi connectivity index (χ3v) is 12.7. The second kappa shape index (κ2) is 15.6. The van der Waals surface area contributed by atoms with Crippen molar-refractivity contribution in [3.8, 4) is 0 Å². The van der Waals surface area contributed by atoms with Crippen molar-refractivity contribution in [2.24, 2.45) is 11.3 Å². The normalized spacial score (nSPS) is 13.4. The van der Waals surface area contributed by atoms with Crippen LogP contribution in [0.15, 0.2) is 103 Å². The lowest BCUT2D eigenvalue weighted by Gasteiger charge is -2.36. The summed E-state index contributed by atoms with van der Waals surface area (Å²) in [6.07, 6.45) is 1.04. The lowest BCUT2D eigenvalue weighted by molar-refractivity contribution is -0.126. The standard InChI is InChI=1S/C39H49N2O3P.BrH/c1-28(2)34(40-36(42)35(38(3,4)5)41-37(43)44-39(6,7)8)27-45(31-21-11-9-12-22-31,32-23-13-10-14-24-32)26-30-20-17-19-29-18-15-16-25-33(29)30;/h9-25,28,34-35H,26-27H2,1-8H3,(H-,40,41,42,43);1H/t34-,35?;/m1./s1. The molecule has 4 rings (SSSR count). The van der Waals surface area contributed by atoms with Crippen LogP contribution in [0.4, 0.5) is 4.79 Å². The van der Waals surface area contributed by atoms with Crippen LogP contribution >= 0.6 is 7.26 Å². The van der Waals surface area contributed by atoms with E-state index in [9.17, 15) is 9.59 Å². The summed E-state index contributed by atoms with van der Waals surface area (Å²) in [7, 11) is -2.15. The lowest BCUT2D eigenvalue weighted by atomic mass is 9.86. The van der Waals surface area contributed by atoms with E-state index in [0.29, 0.717) is 0 Å². The van der Waals surface area contributed by atoms with Crippen LogP contribution in [-0.2, 0) is 15.7 Å². The van der Waals surface area contributed by atoms with E-state index in [1.54, 1.807) is 0 Å². The Labute approximate surface area is 287 Å². The molecule has 0 heterocycles. The Hall–Kier alpha value is -3.21. The van der Waals surface area contributed by atoms with Crippen LogP contribution in [0.25, 0.3) is 10.8 Å². The Morgan fingerprint density at radius 1 is 0.717 bits per heavy atom. The Kier molecular flexibility index (Phi) is 12.6. The minimum atomic E-state index is -2.15. The first-order valence-electron chi connectivity index (χ1n) is 15.9. The number of hydrogen-bond donors (Lipinski definition) is 2. The molecule has 0 saturated carbocycles. The number of nitrogens with one attached hydrogen (secondary N) is 2. The summed E-state index contributed by atoms with van der Waals surface area (Å²) < 4.78 is 5.54. The van der Waals surface area contributed by atoms with E-state index in [-0.39, 0.29) is 34.8 Å². The second-order valence-electron chi connectivity index (χ2n) is 14.4. The fraction of sp³-hybridized carbons (Fsp3) is 0.385. The number of hydrogen-bond acceptors (Lipinski definition) is 3. The topological polar surface area (TPSA) is 67.4 Å². The molecule has 7 heteroatoms. The lowest BCUT2D eigenvalue weighted by Crippen LogP contribution is -3.00. The van der Waals surface area contributed by atoms with Gasteiger partial charge in [0.15, 0.2) is 0 Å². The molecule has 5 nitrogen and oxygen atoms in total. The van der Waals surface area contributed by atoms with Gasteiger partial charge >= 0.3 is 6.09 Å². The second-order valence-corrected chi connectivity index (χ2v) is 18.1. The maximum atomic E-state index is 14.1. The summed E-state index contributed by atoms with van der Waals surface area (Å²) >= 11 is 0. The number of rotatable bonds is 10. The number of amides is 2. The summed E-state index contributed by atoms with van der Waals surface area (Å²) in [6.45, 7) is 15.7. The van der Waals surface area contributed by atoms with Crippen molar-refractivity contribution >= 4 is 40.6 Å². The van der Waals surface area contributed by atoms with Gasteiger partial charge in [0.05, 0.1) is 36.2 Å². The fourth-order valence-electron chi connectivity index (χ4n) is 5.88. The quantitative estimate of drug-likeness (QED) is 0.226. The van der Waals surface area contributed by atoms with Gasteiger partial charge in [0.2, 0.25) is 5.91 Å². The molecule has 2 N–H and O–H groups in total.